The van der Waals surface area contributed by atoms with Crippen molar-refractivity contribution in [3.05, 3.63) is 162 Å². The molecule has 4 aromatic carbocycles. The Morgan fingerprint density at radius 1 is 0.875 bits per heavy atom. The average molecular weight is 669 g/mol. The molecule has 4 atom stereocenters. The lowest BCUT2D eigenvalue weighted by molar-refractivity contribution is 0.0341. The van der Waals surface area contributed by atoms with Gasteiger partial charge in [-0.15, -0.1) is 0 Å². The Bertz CT molecular complexity index is 1810. The van der Waals surface area contributed by atoms with Crippen LogP contribution in [0.1, 0.15) is 13.2 Å². The van der Waals surface area contributed by atoms with E-state index < -0.39 is 47.1 Å². The van der Waals surface area contributed by atoms with Crippen LogP contribution in [0.3, 0.4) is 0 Å². The number of benzene rings is 4. The molecule has 2 unspecified atom stereocenters. The van der Waals surface area contributed by atoms with Gasteiger partial charge < -0.3 is 19.9 Å². The molecule has 1 aliphatic heterocycles. The number of thiocarbonyl (C=S) groups is 1. The zero-order valence-corrected chi connectivity index (χ0v) is 26.7. The second-order valence-electron chi connectivity index (χ2n) is 11.6. The molecule has 9 heteroatoms. The molecule has 1 saturated heterocycles. The largest absolute Gasteiger partial charge is 0.491 e. The average Bonchev–Trinajstić information content (AvgIpc) is 3.80. The first-order valence-corrected chi connectivity index (χ1v) is 16.0. The van der Waals surface area contributed by atoms with E-state index in [0.29, 0.717) is 16.9 Å². The quantitative estimate of drug-likeness (QED) is 0.168. The molecule has 248 valence electrons. The molecule has 7 rings (SSSR count). The fraction of sp³-hybridized carbons (Fsp3) is 0.179. The van der Waals surface area contributed by atoms with Crippen LogP contribution in [0, 0.1) is 11.3 Å². The molecular weight excluding hydrogens is 631 g/mol. The molecule has 2 aliphatic carbocycles. The van der Waals surface area contributed by atoms with E-state index in [9.17, 15) is 14.3 Å². The summed E-state index contributed by atoms with van der Waals surface area (Å²) >= 11 is 5.44. The number of hydrogen-bond acceptors (Lipinski definition) is 5. The zero-order chi connectivity index (χ0) is 33.6. The van der Waals surface area contributed by atoms with Gasteiger partial charge in [-0.05, 0) is 59.3 Å². The molecule has 6 nitrogen and oxygen atoms in total. The summed E-state index contributed by atoms with van der Waals surface area (Å²) in [5, 5.41) is 16.1. The molecule has 3 N–H and O–H groups in total. The third-order valence-electron chi connectivity index (χ3n) is 8.85. The van der Waals surface area contributed by atoms with E-state index >= 15 is 4.39 Å². The van der Waals surface area contributed by atoms with E-state index in [-0.39, 0.29) is 21.2 Å². The van der Waals surface area contributed by atoms with Crippen LogP contribution >= 0.6 is 12.2 Å². The van der Waals surface area contributed by atoms with Crippen molar-refractivity contribution in [3.8, 4) is 16.9 Å². The van der Waals surface area contributed by atoms with Crippen LogP contribution in [0.2, 0.25) is 0 Å². The summed E-state index contributed by atoms with van der Waals surface area (Å²) in [6.45, 7) is -0.472. The van der Waals surface area contributed by atoms with Crippen LogP contribution in [-0.2, 0) is 4.74 Å². The Kier molecular flexibility index (Phi) is 9.91. The van der Waals surface area contributed by atoms with Crippen molar-refractivity contribution >= 4 is 23.2 Å². The molecule has 4 aromatic rings. The van der Waals surface area contributed by atoms with Crippen molar-refractivity contribution in [3.63, 3.8) is 0 Å². The number of carbonyl (C=O) groups excluding carboxylic acids is 1. The normalized spacial score (nSPS) is 23.6. The zero-order valence-electron chi connectivity index (χ0n) is 25.9. The van der Waals surface area contributed by atoms with Gasteiger partial charge in [0.05, 0.1) is 30.3 Å². The van der Waals surface area contributed by atoms with E-state index in [1.54, 1.807) is 48.5 Å². The molecule has 1 fully saturated rings. The summed E-state index contributed by atoms with van der Waals surface area (Å²) in [6.07, 6.45) is 3.49. The maximum absolute atomic E-state index is 15.5. The topological polar surface area (TPSA) is 79.8 Å². The highest BCUT2D eigenvalue weighted by Gasteiger charge is 2.70. The van der Waals surface area contributed by atoms with Crippen LogP contribution in [0.4, 0.5) is 8.78 Å². The molecular formula is C39H38F2N2O4S. The molecule has 48 heavy (non-hydrogen) atoms. The maximum Gasteiger partial charge on any atom is 0.257 e. The van der Waals surface area contributed by atoms with Gasteiger partial charge >= 0.3 is 0 Å². The van der Waals surface area contributed by atoms with E-state index in [1.165, 1.54) is 17.2 Å². The molecule has 0 spiro atoms. The first kappa shape index (κ1) is 33.0. The van der Waals surface area contributed by atoms with Gasteiger partial charge in [0.25, 0.3) is 5.91 Å². The Labute approximate surface area is 286 Å². The van der Waals surface area contributed by atoms with Gasteiger partial charge in [0.15, 0.2) is 16.8 Å². The van der Waals surface area contributed by atoms with Crippen LogP contribution in [-0.4, -0.2) is 47.6 Å². The van der Waals surface area contributed by atoms with Crippen LogP contribution in [0.25, 0.3) is 11.1 Å². The summed E-state index contributed by atoms with van der Waals surface area (Å²) in [5.41, 5.74) is 0.554. The number of aliphatic hydroxyl groups is 1. The van der Waals surface area contributed by atoms with Crippen molar-refractivity contribution in [2.45, 2.75) is 11.6 Å². The minimum Gasteiger partial charge on any atom is -0.491 e. The van der Waals surface area contributed by atoms with Gasteiger partial charge in [-0.3, -0.25) is 10.1 Å². The number of para-hydroxylation sites is 1. The number of ether oxygens (including phenoxy) is 2. The number of fused-ring (bicyclic) bond motifs is 1. The van der Waals surface area contributed by atoms with E-state index in [2.05, 4.69) is 59.2 Å². The molecule has 1 amide bonds. The Balaban J connectivity index is 0.000000339. The molecule has 0 aromatic heterocycles. The van der Waals surface area contributed by atoms with Crippen molar-refractivity contribution in [2.75, 3.05) is 19.8 Å². The summed E-state index contributed by atoms with van der Waals surface area (Å²) in [6, 6.07) is 38.3. The maximum atomic E-state index is 15.5. The SMILES string of the molecule is O=C(NC(=S)N[C@@]1(C23C=C2C=CC(F)=C3F)CO[C@H](COc2ccccc2)C1CO)c1ccccc1.[HH].[HH].c1ccc(-c2ccccc2)cc1. The highest BCUT2D eigenvalue weighted by atomic mass is 32.1. The lowest BCUT2D eigenvalue weighted by Gasteiger charge is -2.44. The molecule has 0 saturated carbocycles. The fourth-order valence-corrected chi connectivity index (χ4v) is 6.65. The summed E-state index contributed by atoms with van der Waals surface area (Å²) in [4.78, 5) is 12.7. The second kappa shape index (κ2) is 14.4. The number of halogens is 2. The van der Waals surface area contributed by atoms with Crippen molar-refractivity contribution < 1.29 is 31.0 Å². The minimum absolute atomic E-state index is 0. The monoisotopic (exact) mass is 668 g/mol. The molecule has 3 aliphatic rings. The third-order valence-corrected chi connectivity index (χ3v) is 9.06. The third kappa shape index (κ3) is 6.57. The first-order valence-electron chi connectivity index (χ1n) is 15.5. The first-order chi connectivity index (χ1) is 23.4. The smallest absolute Gasteiger partial charge is 0.257 e. The highest BCUT2D eigenvalue weighted by molar-refractivity contribution is 7.80. The standard InChI is InChI=1S/C27H24F2N2O4S.C12H10.2H2/c28-21-12-11-18-13-26(18,23(21)29)27(31-25(36)30-24(33)17-7-3-1-4-8-17)16-35-22(20(27)14-32)15-34-19-9-5-2-6-10-19;1-3-7-11(8-4-1)12-9-5-2-6-10-12;;/h1-13,20,22,32H,14-16H2,(H2,30,31,33,36);1-10H;2*1H/t20?,22-,26?,27+;;;/m1.../s1. The van der Waals surface area contributed by atoms with Gasteiger partial charge in [0.2, 0.25) is 0 Å². The molecule has 0 radical (unpaired) electrons. The van der Waals surface area contributed by atoms with E-state index in [4.69, 9.17) is 21.7 Å². The Hall–Kier alpha value is -4.96. The number of hydrogen-bond donors (Lipinski definition) is 3. The number of rotatable bonds is 8. The van der Waals surface area contributed by atoms with Crippen LogP contribution in [0.5, 0.6) is 5.75 Å². The van der Waals surface area contributed by atoms with Gasteiger partial charge in [0.1, 0.15) is 12.4 Å². The fourth-order valence-electron chi connectivity index (χ4n) is 6.38. The van der Waals surface area contributed by atoms with Gasteiger partial charge in [-0.1, -0.05) is 109 Å². The predicted octanol–water partition coefficient (Wildman–Crippen LogP) is 7.61. The highest BCUT2D eigenvalue weighted by Crippen LogP contribution is 2.65. The minimum atomic E-state index is -1.51. The van der Waals surface area contributed by atoms with Crippen molar-refractivity contribution in [2.24, 2.45) is 11.3 Å². The number of aliphatic hydroxyl groups excluding tert-OH is 1. The van der Waals surface area contributed by atoms with Crippen LogP contribution < -0.4 is 15.4 Å². The Morgan fingerprint density at radius 3 is 2.02 bits per heavy atom. The lowest BCUT2D eigenvalue weighted by atomic mass is 9.67. The number of nitrogens with one attached hydrogen (secondary N) is 2. The van der Waals surface area contributed by atoms with Gasteiger partial charge in [0, 0.05) is 14.3 Å². The summed E-state index contributed by atoms with van der Waals surface area (Å²) in [5.74, 6) is -2.61. The van der Waals surface area contributed by atoms with Gasteiger partial charge in [-0.25, -0.2) is 8.78 Å². The number of carbonyl (C=O) groups is 1. The van der Waals surface area contributed by atoms with E-state index in [0.717, 1.165) is 6.08 Å². The van der Waals surface area contributed by atoms with Crippen LogP contribution in [0.15, 0.2) is 157 Å². The number of amides is 1. The second-order valence-corrected chi connectivity index (χ2v) is 12.1. The van der Waals surface area contributed by atoms with Crippen molar-refractivity contribution in [1.29, 1.82) is 0 Å². The Morgan fingerprint density at radius 2 is 1.44 bits per heavy atom. The summed E-state index contributed by atoms with van der Waals surface area (Å²) < 4.78 is 41.9. The predicted molar refractivity (Wildman–Crippen MR) is 190 cm³/mol. The van der Waals surface area contributed by atoms with E-state index in [1.807, 2.05) is 30.3 Å². The summed E-state index contributed by atoms with van der Waals surface area (Å²) in [7, 11) is 0. The van der Waals surface area contributed by atoms with Gasteiger partial charge in [-0.2, -0.15) is 0 Å². The lowest BCUT2D eigenvalue weighted by Crippen LogP contribution is -2.65. The number of allylic oxidation sites excluding steroid dienone is 3. The molecule has 1 heterocycles. The molecule has 0 bridgehead atoms. The van der Waals surface area contributed by atoms with Crippen molar-refractivity contribution in [1.82, 2.24) is 10.6 Å².